The highest BCUT2D eigenvalue weighted by Gasteiger charge is 2.09. The normalized spacial score (nSPS) is 10.5. The minimum atomic E-state index is -0.112. The van der Waals surface area contributed by atoms with Crippen LogP contribution in [0.5, 0.6) is 0 Å². The lowest BCUT2D eigenvalue weighted by Crippen LogP contribution is -2.14. The molecule has 0 spiro atoms. The summed E-state index contributed by atoms with van der Waals surface area (Å²) in [7, 11) is 0. The van der Waals surface area contributed by atoms with Crippen LogP contribution in [-0.4, -0.2) is 22.6 Å². The zero-order chi connectivity index (χ0) is 19.8. The van der Waals surface area contributed by atoms with Crippen molar-refractivity contribution in [2.24, 2.45) is 0 Å². The fraction of sp³-hybridized carbons (Fsp3) is 0.190. The van der Waals surface area contributed by atoms with Gasteiger partial charge in [-0.15, -0.1) is 23.1 Å². The van der Waals surface area contributed by atoms with Crippen LogP contribution in [0.4, 0.5) is 10.8 Å². The molecule has 144 valence electrons. The second kappa shape index (κ2) is 10.1. The summed E-state index contributed by atoms with van der Waals surface area (Å²) in [5.74, 6) is 0.159. The first-order chi connectivity index (χ1) is 13.6. The molecule has 1 heterocycles. The Morgan fingerprint density at radius 1 is 1.04 bits per heavy atom. The zero-order valence-corrected chi connectivity index (χ0v) is 17.1. The molecule has 7 heteroatoms. The van der Waals surface area contributed by atoms with Gasteiger partial charge in [0, 0.05) is 27.9 Å². The molecule has 0 aliphatic carbocycles. The summed E-state index contributed by atoms with van der Waals surface area (Å²) in [6.45, 7) is 1.97. The fourth-order valence-electron chi connectivity index (χ4n) is 2.49. The summed E-state index contributed by atoms with van der Waals surface area (Å²) in [6.07, 6.45) is 1.31. The van der Waals surface area contributed by atoms with Crippen molar-refractivity contribution >= 4 is 45.7 Å². The maximum absolute atomic E-state index is 12.2. The summed E-state index contributed by atoms with van der Waals surface area (Å²) in [5.41, 5.74) is 2.62. The minimum Gasteiger partial charge on any atom is -0.326 e. The van der Waals surface area contributed by atoms with E-state index in [-0.39, 0.29) is 17.6 Å². The molecule has 5 nitrogen and oxygen atoms in total. The van der Waals surface area contributed by atoms with Crippen LogP contribution in [-0.2, 0) is 9.59 Å². The number of benzene rings is 2. The van der Waals surface area contributed by atoms with E-state index >= 15 is 0 Å². The van der Waals surface area contributed by atoms with Gasteiger partial charge in [0.2, 0.25) is 11.8 Å². The van der Waals surface area contributed by atoms with E-state index in [1.54, 1.807) is 0 Å². The number of carbonyl (C=O) groups is 2. The van der Waals surface area contributed by atoms with Gasteiger partial charge in [-0.05, 0) is 24.6 Å². The van der Waals surface area contributed by atoms with Gasteiger partial charge in [-0.25, -0.2) is 4.98 Å². The fourth-order valence-corrected chi connectivity index (χ4v) is 3.98. The number of thioether (sulfide) groups is 1. The number of amides is 2. The molecule has 0 aliphatic heterocycles. The molecule has 0 radical (unpaired) electrons. The summed E-state index contributed by atoms with van der Waals surface area (Å²) in [5, 5.41) is 8.23. The van der Waals surface area contributed by atoms with Crippen LogP contribution in [0.25, 0.3) is 11.3 Å². The first-order valence-electron chi connectivity index (χ1n) is 8.97. The predicted molar refractivity (Wildman–Crippen MR) is 117 cm³/mol. The number of carbonyl (C=O) groups excluding carboxylic acids is 2. The maximum atomic E-state index is 12.2. The van der Waals surface area contributed by atoms with Gasteiger partial charge in [-0.1, -0.05) is 43.3 Å². The quantitative estimate of drug-likeness (QED) is 0.495. The van der Waals surface area contributed by atoms with Gasteiger partial charge < -0.3 is 10.6 Å². The highest BCUT2D eigenvalue weighted by molar-refractivity contribution is 8.00. The molecule has 3 aromatic rings. The van der Waals surface area contributed by atoms with E-state index in [4.69, 9.17) is 0 Å². The van der Waals surface area contributed by atoms with Crippen LogP contribution < -0.4 is 10.6 Å². The van der Waals surface area contributed by atoms with E-state index in [2.05, 4.69) is 15.6 Å². The molecule has 2 N–H and O–H groups in total. The average Bonchev–Trinajstić information content (AvgIpc) is 3.16. The number of nitrogens with zero attached hydrogens (tertiary/aromatic N) is 1. The molecule has 28 heavy (non-hydrogen) atoms. The molecular formula is C21H21N3O2S2. The molecule has 0 fully saturated rings. The second-order valence-corrected chi connectivity index (χ2v) is 7.97. The molecule has 2 amide bonds. The highest BCUT2D eigenvalue weighted by atomic mass is 32.2. The molecule has 1 aromatic heterocycles. The van der Waals surface area contributed by atoms with Crippen molar-refractivity contribution in [2.45, 2.75) is 24.7 Å². The van der Waals surface area contributed by atoms with Gasteiger partial charge in [-0.3, -0.25) is 9.59 Å². The number of aromatic nitrogens is 1. The van der Waals surface area contributed by atoms with Gasteiger partial charge >= 0.3 is 0 Å². The molecular weight excluding hydrogens is 390 g/mol. The average molecular weight is 412 g/mol. The Morgan fingerprint density at radius 3 is 2.64 bits per heavy atom. The molecule has 0 aliphatic rings. The summed E-state index contributed by atoms with van der Waals surface area (Å²) in [4.78, 5) is 29.3. The van der Waals surface area contributed by atoms with Crippen molar-refractivity contribution < 1.29 is 9.59 Å². The third-order valence-corrected chi connectivity index (χ3v) is 5.54. The SMILES string of the molecule is CCCC(=O)Nc1cccc(SCC(=O)Nc2nc(-c3ccccc3)cs2)c1. The number of hydrogen-bond donors (Lipinski definition) is 2. The summed E-state index contributed by atoms with van der Waals surface area (Å²) < 4.78 is 0. The highest BCUT2D eigenvalue weighted by Crippen LogP contribution is 2.26. The lowest BCUT2D eigenvalue weighted by atomic mass is 10.2. The maximum Gasteiger partial charge on any atom is 0.236 e. The van der Waals surface area contributed by atoms with Gasteiger partial charge in [-0.2, -0.15) is 0 Å². The summed E-state index contributed by atoms with van der Waals surface area (Å²) in [6, 6.07) is 17.4. The molecule has 0 bridgehead atoms. The van der Waals surface area contributed by atoms with Gasteiger partial charge in [0.25, 0.3) is 0 Å². The van der Waals surface area contributed by atoms with E-state index < -0.39 is 0 Å². The van der Waals surface area contributed by atoms with Crippen LogP contribution >= 0.6 is 23.1 Å². The molecule has 3 rings (SSSR count). The van der Waals surface area contributed by atoms with Gasteiger partial charge in [0.15, 0.2) is 5.13 Å². The summed E-state index contributed by atoms with van der Waals surface area (Å²) >= 11 is 2.83. The third-order valence-electron chi connectivity index (χ3n) is 3.78. The molecule has 0 saturated heterocycles. The first-order valence-corrected chi connectivity index (χ1v) is 10.8. The Balaban J connectivity index is 1.52. The topological polar surface area (TPSA) is 71.1 Å². The predicted octanol–water partition coefficient (Wildman–Crippen LogP) is 5.28. The van der Waals surface area contributed by atoms with Crippen LogP contribution in [0.15, 0.2) is 64.9 Å². The first kappa shape index (κ1) is 20.1. The number of hydrogen-bond acceptors (Lipinski definition) is 5. The monoisotopic (exact) mass is 411 g/mol. The largest absolute Gasteiger partial charge is 0.326 e. The van der Waals surface area contributed by atoms with Crippen molar-refractivity contribution in [3.8, 4) is 11.3 Å². The number of thiazole rings is 1. The standard InChI is InChI=1S/C21H21N3O2S2/c1-2-7-19(25)22-16-10-6-11-17(12-16)27-14-20(26)24-21-23-18(13-28-21)15-8-4-3-5-9-15/h3-6,8-13H,2,7,14H2,1H3,(H,22,25)(H,23,24,26). The lowest BCUT2D eigenvalue weighted by molar-refractivity contribution is -0.116. The van der Waals surface area contributed by atoms with Gasteiger partial charge in [0.05, 0.1) is 11.4 Å². The molecule has 0 unspecified atom stereocenters. The van der Waals surface area contributed by atoms with Crippen LogP contribution in [0.2, 0.25) is 0 Å². The van der Waals surface area contributed by atoms with E-state index in [1.807, 2.05) is 66.9 Å². The second-order valence-electron chi connectivity index (χ2n) is 6.07. The Kier molecular flexibility index (Phi) is 7.22. The van der Waals surface area contributed by atoms with E-state index in [9.17, 15) is 9.59 Å². The van der Waals surface area contributed by atoms with Gasteiger partial charge in [0.1, 0.15) is 0 Å². The Labute approximate surface area is 172 Å². The van der Waals surface area contributed by atoms with Crippen LogP contribution in [0.1, 0.15) is 19.8 Å². The molecule has 0 atom stereocenters. The molecule has 2 aromatic carbocycles. The van der Waals surface area contributed by atoms with E-state index in [0.29, 0.717) is 11.6 Å². The molecule has 0 saturated carbocycles. The van der Waals surface area contributed by atoms with E-state index in [0.717, 1.165) is 28.3 Å². The van der Waals surface area contributed by atoms with Crippen molar-refractivity contribution in [1.29, 1.82) is 0 Å². The smallest absolute Gasteiger partial charge is 0.236 e. The zero-order valence-electron chi connectivity index (χ0n) is 15.5. The van der Waals surface area contributed by atoms with Crippen molar-refractivity contribution in [1.82, 2.24) is 4.98 Å². The van der Waals surface area contributed by atoms with Crippen molar-refractivity contribution in [2.75, 3.05) is 16.4 Å². The van der Waals surface area contributed by atoms with Crippen molar-refractivity contribution in [3.63, 3.8) is 0 Å². The number of anilines is 2. The minimum absolute atomic E-state index is 0.000355. The van der Waals surface area contributed by atoms with E-state index in [1.165, 1.54) is 23.1 Å². The Morgan fingerprint density at radius 2 is 1.86 bits per heavy atom. The van der Waals surface area contributed by atoms with Crippen LogP contribution in [0, 0.1) is 0 Å². The number of rotatable bonds is 8. The Hall–Kier alpha value is -2.64. The number of nitrogens with one attached hydrogen (secondary N) is 2. The van der Waals surface area contributed by atoms with Crippen molar-refractivity contribution in [3.05, 3.63) is 60.0 Å². The van der Waals surface area contributed by atoms with Crippen LogP contribution in [0.3, 0.4) is 0 Å². The third kappa shape index (κ3) is 5.94. The Bertz CT molecular complexity index is 942. The lowest BCUT2D eigenvalue weighted by Gasteiger charge is -2.07.